The number of hydrogen-bond donors (Lipinski definition) is 1. The summed E-state index contributed by atoms with van der Waals surface area (Å²) >= 11 is 3.32. The van der Waals surface area contributed by atoms with Gasteiger partial charge in [-0.25, -0.2) is 0 Å². The first-order valence-electron chi connectivity index (χ1n) is 8.56. The first kappa shape index (κ1) is 24.5. The van der Waals surface area contributed by atoms with Crippen molar-refractivity contribution in [3.63, 3.8) is 0 Å². The van der Waals surface area contributed by atoms with Crippen molar-refractivity contribution in [1.82, 2.24) is 4.90 Å². The predicted octanol–water partition coefficient (Wildman–Crippen LogP) is 3.88. The Morgan fingerprint density at radius 1 is 1.23 bits per heavy atom. The van der Waals surface area contributed by atoms with Crippen molar-refractivity contribution in [3.8, 4) is 0 Å². The fraction of sp³-hybridized carbons (Fsp3) is 0.611. The molecule has 7 nitrogen and oxygen atoms in total. The first-order valence-corrected chi connectivity index (χ1v) is 9.36. The number of carbonyl (C=O) groups is 1. The van der Waals surface area contributed by atoms with Crippen molar-refractivity contribution >= 4 is 28.1 Å². The summed E-state index contributed by atoms with van der Waals surface area (Å²) in [5.41, 5.74) is 5.35. The Bertz CT molecular complexity index is 556. The second-order valence-corrected chi connectivity index (χ2v) is 7.65. The van der Waals surface area contributed by atoms with E-state index in [4.69, 9.17) is 0 Å². The number of nitro groups is 1. The fourth-order valence-electron chi connectivity index (χ4n) is 2.35. The molecule has 8 heteroatoms. The fourth-order valence-corrected chi connectivity index (χ4v) is 2.88. The number of halogens is 1. The minimum absolute atomic E-state index is 0.159. The van der Waals surface area contributed by atoms with Crippen LogP contribution in [0.3, 0.4) is 0 Å². The zero-order chi connectivity index (χ0) is 20.2. The van der Waals surface area contributed by atoms with Crippen LogP contribution in [-0.4, -0.2) is 42.0 Å². The van der Waals surface area contributed by atoms with Gasteiger partial charge in [-0.2, -0.15) is 0 Å². The van der Waals surface area contributed by atoms with Gasteiger partial charge >= 0.3 is 0 Å². The van der Waals surface area contributed by atoms with Crippen molar-refractivity contribution in [3.05, 3.63) is 38.3 Å². The van der Waals surface area contributed by atoms with Gasteiger partial charge in [0, 0.05) is 23.2 Å². The van der Waals surface area contributed by atoms with Gasteiger partial charge in [-0.1, -0.05) is 22.4 Å². The molecule has 1 aromatic rings. The van der Waals surface area contributed by atoms with Crippen LogP contribution in [0.25, 0.3) is 0 Å². The predicted molar refractivity (Wildman–Crippen MR) is 107 cm³/mol. The maximum absolute atomic E-state index is 10.8. The van der Waals surface area contributed by atoms with E-state index in [9.17, 15) is 14.9 Å². The van der Waals surface area contributed by atoms with Gasteiger partial charge in [0.05, 0.1) is 4.92 Å². The maximum atomic E-state index is 10.8. The Balaban J connectivity index is 0.000000589. The quantitative estimate of drug-likeness (QED) is 0.441. The van der Waals surface area contributed by atoms with Crippen LogP contribution in [0.1, 0.15) is 45.6 Å². The number of nitro benzene ring substituents is 1. The molecule has 0 spiro atoms. The summed E-state index contributed by atoms with van der Waals surface area (Å²) in [4.78, 5) is 22.4. The average molecular weight is 432 g/mol. The molecular weight excluding hydrogens is 402 g/mol. The van der Waals surface area contributed by atoms with E-state index in [1.165, 1.54) is 26.3 Å². The van der Waals surface area contributed by atoms with E-state index in [0.717, 1.165) is 29.7 Å². The Hall–Kier alpha value is -1.51. The summed E-state index contributed by atoms with van der Waals surface area (Å²) in [6.07, 6.45) is 3.77. The number of nitrogens with zero attached hydrogens (tertiary/aromatic N) is 2. The Morgan fingerprint density at radius 3 is 2.23 bits per heavy atom. The molecule has 1 heterocycles. The van der Waals surface area contributed by atoms with E-state index in [1.807, 2.05) is 26.8 Å². The van der Waals surface area contributed by atoms with Crippen LogP contribution in [0.4, 0.5) is 5.69 Å². The summed E-state index contributed by atoms with van der Waals surface area (Å²) in [5, 5.41) is 10.8. The van der Waals surface area contributed by atoms with Crippen LogP contribution in [0.15, 0.2) is 22.7 Å². The van der Waals surface area contributed by atoms with Crippen LogP contribution < -0.4 is 5.73 Å². The third kappa shape index (κ3) is 11.2. The van der Waals surface area contributed by atoms with Gasteiger partial charge < -0.3 is 10.5 Å². The SMILES string of the molecule is CC(C)(C)OC=O.CN.O=[N+]([O-])c1cc(Br)cc(CN2CCCCC2)c1. The molecule has 2 N–H and O–H groups in total. The molecule has 26 heavy (non-hydrogen) atoms. The zero-order valence-corrected chi connectivity index (χ0v) is 17.6. The monoisotopic (exact) mass is 431 g/mol. The highest BCUT2D eigenvalue weighted by Gasteiger charge is 2.13. The van der Waals surface area contributed by atoms with Crippen molar-refractivity contribution in [2.75, 3.05) is 20.1 Å². The summed E-state index contributed by atoms with van der Waals surface area (Å²) < 4.78 is 5.33. The molecule has 1 aromatic carbocycles. The van der Waals surface area contributed by atoms with Crippen LogP contribution in [0.2, 0.25) is 0 Å². The molecule has 0 atom stereocenters. The van der Waals surface area contributed by atoms with Crippen LogP contribution in [0.5, 0.6) is 0 Å². The van der Waals surface area contributed by atoms with Crippen LogP contribution in [-0.2, 0) is 16.1 Å². The molecule has 0 saturated carbocycles. The molecular formula is C18H30BrN3O4. The van der Waals surface area contributed by atoms with Crippen molar-refractivity contribution in [1.29, 1.82) is 0 Å². The second-order valence-electron chi connectivity index (χ2n) is 6.74. The minimum atomic E-state index is -0.343. The highest BCUT2D eigenvalue weighted by Crippen LogP contribution is 2.23. The third-order valence-corrected chi connectivity index (χ3v) is 3.87. The van der Waals surface area contributed by atoms with Crippen molar-refractivity contribution in [2.24, 2.45) is 5.73 Å². The highest BCUT2D eigenvalue weighted by molar-refractivity contribution is 9.10. The Kier molecular flexibility index (Phi) is 12.0. The molecule has 1 saturated heterocycles. The third-order valence-electron chi connectivity index (χ3n) is 3.41. The molecule has 0 amide bonds. The lowest BCUT2D eigenvalue weighted by molar-refractivity contribution is -0.385. The van der Waals surface area contributed by atoms with Gasteiger partial charge in [0.25, 0.3) is 12.2 Å². The second kappa shape index (κ2) is 12.8. The number of benzene rings is 1. The van der Waals surface area contributed by atoms with E-state index in [-0.39, 0.29) is 16.2 Å². The topological polar surface area (TPSA) is 98.7 Å². The summed E-state index contributed by atoms with van der Waals surface area (Å²) in [7, 11) is 1.50. The number of carbonyl (C=O) groups excluding carboxylic acids is 1. The summed E-state index contributed by atoms with van der Waals surface area (Å²) in [5.74, 6) is 0. The molecule has 0 aliphatic carbocycles. The first-order chi connectivity index (χ1) is 12.2. The Morgan fingerprint density at radius 2 is 1.81 bits per heavy atom. The molecule has 1 aliphatic heterocycles. The van der Waals surface area contributed by atoms with E-state index >= 15 is 0 Å². The average Bonchev–Trinajstić information content (AvgIpc) is 2.56. The molecule has 148 valence electrons. The van der Waals surface area contributed by atoms with Gasteiger partial charge in [0.1, 0.15) is 5.60 Å². The highest BCUT2D eigenvalue weighted by atomic mass is 79.9. The molecule has 0 unspecified atom stereocenters. The number of ether oxygens (including phenoxy) is 1. The maximum Gasteiger partial charge on any atom is 0.293 e. The van der Waals surface area contributed by atoms with E-state index < -0.39 is 0 Å². The minimum Gasteiger partial charge on any atom is -0.462 e. The van der Waals surface area contributed by atoms with Gasteiger partial charge in [-0.05, 0) is 65.4 Å². The van der Waals surface area contributed by atoms with E-state index in [0.29, 0.717) is 6.47 Å². The lowest BCUT2D eigenvalue weighted by Gasteiger charge is -2.26. The molecule has 2 rings (SSSR count). The van der Waals surface area contributed by atoms with E-state index in [2.05, 4.69) is 31.3 Å². The number of piperidine rings is 1. The Labute approximate surface area is 164 Å². The van der Waals surface area contributed by atoms with Crippen LogP contribution in [0, 0.1) is 10.1 Å². The largest absolute Gasteiger partial charge is 0.462 e. The van der Waals surface area contributed by atoms with Crippen molar-refractivity contribution < 1.29 is 14.5 Å². The number of nitrogens with two attached hydrogens (primary N) is 1. The standard InChI is InChI=1S/C12H15BrN2O2.C5H10O2.CH5N/c13-11-6-10(7-12(8-11)15(16)17)9-14-4-2-1-3-5-14;1-5(2,3)7-4-6;1-2/h6-8H,1-5,9H2;4H,1-3H3;2H2,1H3. The number of likely N-dealkylation sites (tertiary alicyclic amines) is 1. The molecule has 1 fully saturated rings. The number of hydrogen-bond acceptors (Lipinski definition) is 6. The van der Waals surface area contributed by atoms with Crippen molar-refractivity contribution in [2.45, 2.75) is 52.2 Å². The van der Waals surface area contributed by atoms with Gasteiger partial charge in [-0.3, -0.25) is 19.8 Å². The molecule has 1 aliphatic rings. The lowest BCUT2D eigenvalue weighted by Crippen LogP contribution is -2.29. The number of rotatable bonds is 4. The van der Waals surface area contributed by atoms with Gasteiger partial charge in [0.2, 0.25) is 0 Å². The smallest absolute Gasteiger partial charge is 0.293 e. The molecule has 0 bridgehead atoms. The summed E-state index contributed by atoms with van der Waals surface area (Å²) in [6, 6.07) is 5.17. The van der Waals surface area contributed by atoms with Crippen LogP contribution >= 0.6 is 15.9 Å². The van der Waals surface area contributed by atoms with Gasteiger partial charge in [0.15, 0.2) is 0 Å². The van der Waals surface area contributed by atoms with Gasteiger partial charge in [-0.15, -0.1) is 0 Å². The molecule has 0 radical (unpaired) electrons. The normalized spacial score (nSPS) is 14.2. The number of non-ortho nitro benzene ring substituents is 1. The van der Waals surface area contributed by atoms with E-state index in [1.54, 1.807) is 12.1 Å². The lowest BCUT2D eigenvalue weighted by atomic mass is 10.1. The summed E-state index contributed by atoms with van der Waals surface area (Å²) in [6.45, 7) is 8.92. The zero-order valence-electron chi connectivity index (χ0n) is 16.0. The molecule has 0 aromatic heterocycles.